The van der Waals surface area contributed by atoms with E-state index in [0.717, 1.165) is 25.8 Å². The average Bonchev–Trinajstić information content (AvgIpc) is 3.41. The molecule has 0 bridgehead atoms. The topological polar surface area (TPSA) is 79.7 Å². The maximum Gasteiger partial charge on any atom is 0.251 e. The standard InChI is InChI=1S/C18H29N3O4S/c1-4-11-19(12-15-7-8-15)18(23)14-20-13-16(9-10-17(20)22)26(24,25)21(5-2)6-3/h9-10,13,15H,4-8,11-12,14H2,1-3H3. The molecule has 7 nitrogen and oxygen atoms in total. The number of rotatable bonds is 10. The SMILES string of the molecule is CCCN(CC1CC1)C(=O)Cn1cc(S(=O)(=O)N(CC)CC)ccc1=O. The van der Waals surface area contributed by atoms with Crippen LogP contribution in [0.1, 0.15) is 40.0 Å². The van der Waals surface area contributed by atoms with Gasteiger partial charge in [0, 0.05) is 38.4 Å². The number of nitrogens with zero attached hydrogens (tertiary/aromatic N) is 3. The van der Waals surface area contributed by atoms with Crippen molar-refractivity contribution in [3.63, 3.8) is 0 Å². The lowest BCUT2D eigenvalue weighted by molar-refractivity contribution is -0.132. The lowest BCUT2D eigenvalue weighted by Gasteiger charge is -2.23. The van der Waals surface area contributed by atoms with Gasteiger partial charge in [-0.1, -0.05) is 20.8 Å². The van der Waals surface area contributed by atoms with Gasteiger partial charge in [-0.3, -0.25) is 9.59 Å². The van der Waals surface area contributed by atoms with Crippen molar-refractivity contribution >= 4 is 15.9 Å². The van der Waals surface area contributed by atoms with E-state index in [9.17, 15) is 18.0 Å². The number of sulfonamides is 1. The third-order valence-corrected chi connectivity index (χ3v) is 6.66. The van der Waals surface area contributed by atoms with Gasteiger partial charge in [-0.15, -0.1) is 0 Å². The number of aromatic nitrogens is 1. The summed E-state index contributed by atoms with van der Waals surface area (Å²) in [6.45, 7) is 7.48. The van der Waals surface area contributed by atoms with Crippen molar-refractivity contribution in [1.29, 1.82) is 0 Å². The first-order valence-electron chi connectivity index (χ1n) is 9.31. The molecule has 0 unspecified atom stereocenters. The molecule has 0 saturated heterocycles. The average molecular weight is 384 g/mol. The number of carbonyl (C=O) groups excluding carboxylic acids is 1. The van der Waals surface area contributed by atoms with Gasteiger partial charge in [0.2, 0.25) is 15.9 Å². The summed E-state index contributed by atoms with van der Waals surface area (Å²) < 4.78 is 27.8. The second-order valence-corrected chi connectivity index (χ2v) is 8.64. The van der Waals surface area contributed by atoms with Crippen molar-refractivity contribution < 1.29 is 13.2 Å². The molecule has 0 radical (unpaired) electrons. The summed E-state index contributed by atoms with van der Waals surface area (Å²) >= 11 is 0. The zero-order valence-electron chi connectivity index (χ0n) is 15.8. The van der Waals surface area contributed by atoms with Crippen LogP contribution in [0.4, 0.5) is 0 Å². The number of hydrogen-bond donors (Lipinski definition) is 0. The molecule has 1 aromatic rings. The van der Waals surface area contributed by atoms with Gasteiger partial charge in [-0.05, 0) is 31.2 Å². The van der Waals surface area contributed by atoms with E-state index in [1.807, 2.05) is 6.92 Å². The lowest BCUT2D eigenvalue weighted by atomic mass is 10.3. The third-order valence-electron chi connectivity index (χ3n) is 4.63. The summed E-state index contributed by atoms with van der Waals surface area (Å²) in [5, 5.41) is 0. The Morgan fingerprint density at radius 1 is 1.19 bits per heavy atom. The molecule has 1 saturated carbocycles. The molecule has 1 aromatic heterocycles. The van der Waals surface area contributed by atoms with Crippen LogP contribution in [0.2, 0.25) is 0 Å². The van der Waals surface area contributed by atoms with Crippen LogP contribution in [-0.4, -0.2) is 54.3 Å². The van der Waals surface area contributed by atoms with Gasteiger partial charge < -0.3 is 9.47 Å². The molecular formula is C18H29N3O4S. The van der Waals surface area contributed by atoms with E-state index < -0.39 is 10.0 Å². The molecule has 1 amide bonds. The van der Waals surface area contributed by atoms with Crippen LogP contribution in [0.3, 0.4) is 0 Å². The fourth-order valence-corrected chi connectivity index (χ4v) is 4.42. The van der Waals surface area contributed by atoms with E-state index in [0.29, 0.717) is 25.6 Å². The van der Waals surface area contributed by atoms with Crippen molar-refractivity contribution in [2.75, 3.05) is 26.2 Å². The number of carbonyl (C=O) groups is 1. The Bertz CT molecular complexity index is 780. The quantitative estimate of drug-likeness (QED) is 0.614. The fourth-order valence-electron chi connectivity index (χ4n) is 2.94. The molecular weight excluding hydrogens is 354 g/mol. The van der Waals surface area contributed by atoms with Gasteiger partial charge in [0.1, 0.15) is 6.54 Å². The minimum absolute atomic E-state index is 0.0397. The highest BCUT2D eigenvalue weighted by Gasteiger charge is 2.27. The molecule has 8 heteroatoms. The normalized spacial score (nSPS) is 14.6. The Kier molecular flexibility index (Phi) is 7.00. The Morgan fingerprint density at radius 3 is 2.38 bits per heavy atom. The second kappa shape index (κ2) is 8.81. The van der Waals surface area contributed by atoms with Crippen LogP contribution in [0.15, 0.2) is 28.0 Å². The first-order valence-corrected chi connectivity index (χ1v) is 10.8. The van der Waals surface area contributed by atoms with Crippen LogP contribution >= 0.6 is 0 Å². The number of pyridine rings is 1. The van der Waals surface area contributed by atoms with E-state index in [1.165, 1.54) is 27.2 Å². The number of hydrogen-bond acceptors (Lipinski definition) is 4. The fraction of sp³-hybridized carbons (Fsp3) is 0.667. The zero-order chi connectivity index (χ0) is 19.3. The molecule has 0 atom stereocenters. The molecule has 0 aromatic carbocycles. The van der Waals surface area contributed by atoms with Gasteiger partial charge >= 0.3 is 0 Å². The van der Waals surface area contributed by atoms with Crippen molar-refractivity contribution in [3.8, 4) is 0 Å². The molecule has 146 valence electrons. The molecule has 1 aliphatic carbocycles. The van der Waals surface area contributed by atoms with E-state index >= 15 is 0 Å². The summed E-state index contributed by atoms with van der Waals surface area (Å²) in [6.07, 6.45) is 4.43. The van der Waals surface area contributed by atoms with Crippen LogP contribution < -0.4 is 5.56 Å². The lowest BCUT2D eigenvalue weighted by Crippen LogP contribution is -2.38. The Morgan fingerprint density at radius 2 is 1.85 bits per heavy atom. The zero-order valence-corrected chi connectivity index (χ0v) is 16.7. The summed E-state index contributed by atoms with van der Waals surface area (Å²) in [5.74, 6) is 0.426. The summed E-state index contributed by atoms with van der Waals surface area (Å²) in [7, 11) is -3.67. The maximum atomic E-state index is 12.6. The van der Waals surface area contributed by atoms with Gasteiger partial charge in [-0.25, -0.2) is 8.42 Å². The first-order chi connectivity index (χ1) is 12.3. The second-order valence-electron chi connectivity index (χ2n) is 6.70. The first kappa shape index (κ1) is 20.6. The monoisotopic (exact) mass is 383 g/mol. The summed E-state index contributed by atoms with van der Waals surface area (Å²) in [5.41, 5.74) is -0.375. The molecule has 1 fully saturated rings. The van der Waals surface area contributed by atoms with Crippen LogP contribution in [0.25, 0.3) is 0 Å². The van der Waals surface area contributed by atoms with E-state index in [1.54, 1.807) is 18.7 Å². The summed E-state index contributed by atoms with van der Waals surface area (Å²) in [4.78, 5) is 26.6. The highest BCUT2D eigenvalue weighted by molar-refractivity contribution is 7.89. The molecule has 1 aliphatic rings. The minimum Gasteiger partial charge on any atom is -0.341 e. The molecule has 0 N–H and O–H groups in total. The van der Waals surface area contributed by atoms with Crippen molar-refractivity contribution in [2.45, 2.75) is 51.5 Å². The predicted molar refractivity (Wildman–Crippen MR) is 100 cm³/mol. The molecule has 1 heterocycles. The van der Waals surface area contributed by atoms with Crippen LogP contribution in [-0.2, 0) is 21.4 Å². The van der Waals surface area contributed by atoms with Gasteiger partial charge in [0.15, 0.2) is 0 Å². The van der Waals surface area contributed by atoms with Gasteiger partial charge in [0.05, 0.1) is 4.90 Å². The van der Waals surface area contributed by atoms with E-state index in [4.69, 9.17) is 0 Å². The van der Waals surface area contributed by atoms with Gasteiger partial charge in [0.25, 0.3) is 5.56 Å². The van der Waals surface area contributed by atoms with Crippen molar-refractivity contribution in [1.82, 2.24) is 13.8 Å². The predicted octanol–water partition coefficient (Wildman–Crippen LogP) is 1.53. The van der Waals surface area contributed by atoms with E-state index in [2.05, 4.69) is 0 Å². The smallest absolute Gasteiger partial charge is 0.251 e. The Labute approximate surface area is 155 Å². The maximum absolute atomic E-state index is 12.6. The van der Waals surface area contributed by atoms with Crippen molar-refractivity contribution in [2.24, 2.45) is 5.92 Å². The Hall–Kier alpha value is -1.67. The largest absolute Gasteiger partial charge is 0.341 e. The molecule has 0 aliphatic heterocycles. The molecule has 0 spiro atoms. The van der Waals surface area contributed by atoms with Crippen LogP contribution in [0, 0.1) is 5.92 Å². The van der Waals surface area contributed by atoms with Crippen molar-refractivity contribution in [3.05, 3.63) is 28.7 Å². The third kappa shape index (κ3) is 4.94. The molecule has 2 rings (SSSR count). The van der Waals surface area contributed by atoms with E-state index in [-0.39, 0.29) is 22.9 Å². The van der Waals surface area contributed by atoms with Gasteiger partial charge in [-0.2, -0.15) is 4.31 Å². The number of amides is 1. The van der Waals surface area contributed by atoms with Crippen LogP contribution in [0.5, 0.6) is 0 Å². The Balaban J connectivity index is 2.23. The highest BCUT2D eigenvalue weighted by atomic mass is 32.2. The highest BCUT2D eigenvalue weighted by Crippen LogP contribution is 2.29. The molecule has 26 heavy (non-hydrogen) atoms. The minimum atomic E-state index is -3.67. The summed E-state index contributed by atoms with van der Waals surface area (Å²) in [6, 6.07) is 2.53.